The van der Waals surface area contributed by atoms with Crippen molar-refractivity contribution in [3.8, 4) is 0 Å². The summed E-state index contributed by atoms with van der Waals surface area (Å²) in [6, 6.07) is 0. The molecule has 4 bridgehead atoms. The Kier molecular flexibility index (Phi) is 6.07. The van der Waals surface area contributed by atoms with E-state index in [4.69, 9.17) is 18.9 Å². The van der Waals surface area contributed by atoms with E-state index in [9.17, 15) is 9.59 Å². The Balaban J connectivity index is 1.38. The summed E-state index contributed by atoms with van der Waals surface area (Å²) in [6.45, 7) is 5.33. The SMILES string of the molecule is COC(=O)C1(C(=O)OC)C(COCOC2CCCCC2)C2CC1C1C3CC(C(C)C3C)C21. The molecule has 0 heterocycles. The molecule has 32 heavy (non-hydrogen) atoms. The third-order valence-corrected chi connectivity index (χ3v) is 10.6. The first-order chi connectivity index (χ1) is 15.5. The molecule has 0 amide bonds. The van der Waals surface area contributed by atoms with Gasteiger partial charge in [0.15, 0.2) is 5.41 Å². The number of hydrogen-bond donors (Lipinski definition) is 0. The van der Waals surface area contributed by atoms with Gasteiger partial charge in [-0.2, -0.15) is 0 Å². The molecule has 5 rings (SSSR count). The lowest BCUT2D eigenvalue weighted by molar-refractivity contribution is -0.192. The Morgan fingerprint density at radius 1 is 0.844 bits per heavy atom. The van der Waals surface area contributed by atoms with Crippen molar-refractivity contribution in [2.45, 2.75) is 64.9 Å². The van der Waals surface area contributed by atoms with Crippen LogP contribution in [-0.2, 0) is 28.5 Å². The maximum atomic E-state index is 13.3. The quantitative estimate of drug-likeness (QED) is 0.192. The highest BCUT2D eigenvalue weighted by Crippen LogP contribution is 2.75. The second-order valence-electron chi connectivity index (χ2n) is 11.3. The first-order valence-electron chi connectivity index (χ1n) is 12.8. The fourth-order valence-electron chi connectivity index (χ4n) is 9.25. The van der Waals surface area contributed by atoms with Crippen molar-refractivity contribution in [2.24, 2.45) is 58.7 Å². The minimum Gasteiger partial charge on any atom is -0.468 e. The topological polar surface area (TPSA) is 71.1 Å². The monoisotopic (exact) mass is 448 g/mol. The molecule has 5 fully saturated rings. The molecule has 0 saturated heterocycles. The molecule has 0 aromatic rings. The van der Waals surface area contributed by atoms with E-state index < -0.39 is 17.4 Å². The summed E-state index contributed by atoms with van der Waals surface area (Å²) in [7, 11) is 2.79. The number of esters is 2. The number of rotatable bonds is 7. The third kappa shape index (κ3) is 3.04. The van der Waals surface area contributed by atoms with Gasteiger partial charge in [-0.3, -0.25) is 9.59 Å². The first-order valence-corrected chi connectivity index (χ1v) is 12.8. The van der Waals surface area contributed by atoms with Gasteiger partial charge in [-0.25, -0.2) is 0 Å². The number of carbonyl (C=O) groups is 2. The Morgan fingerprint density at radius 2 is 1.47 bits per heavy atom. The summed E-state index contributed by atoms with van der Waals surface area (Å²) in [4.78, 5) is 26.7. The Labute approximate surface area is 192 Å². The van der Waals surface area contributed by atoms with Gasteiger partial charge in [0.2, 0.25) is 0 Å². The number of fused-ring (bicyclic) bond motifs is 9. The van der Waals surface area contributed by atoms with Crippen molar-refractivity contribution >= 4 is 11.9 Å². The molecular weight excluding hydrogens is 408 g/mol. The minimum absolute atomic E-state index is 0.00443. The average Bonchev–Trinajstić information content (AvgIpc) is 3.54. The Morgan fingerprint density at radius 3 is 2.09 bits per heavy atom. The second kappa shape index (κ2) is 8.57. The molecular formula is C26H40O6. The maximum Gasteiger partial charge on any atom is 0.323 e. The molecule has 0 radical (unpaired) electrons. The lowest BCUT2D eigenvalue weighted by Gasteiger charge is -2.49. The summed E-state index contributed by atoms with van der Waals surface area (Å²) in [5.41, 5.74) is -1.24. The van der Waals surface area contributed by atoms with Gasteiger partial charge in [-0.1, -0.05) is 33.1 Å². The zero-order valence-corrected chi connectivity index (χ0v) is 20.1. The summed E-state index contributed by atoms with van der Waals surface area (Å²) in [5, 5.41) is 0. The van der Waals surface area contributed by atoms with Gasteiger partial charge in [0, 0.05) is 5.92 Å². The highest BCUT2D eigenvalue weighted by Gasteiger charge is 2.78. The van der Waals surface area contributed by atoms with Crippen LogP contribution in [0.2, 0.25) is 0 Å². The molecule has 0 N–H and O–H groups in total. The van der Waals surface area contributed by atoms with Crippen LogP contribution in [0, 0.1) is 58.7 Å². The summed E-state index contributed by atoms with van der Waals surface area (Å²) < 4.78 is 22.6. The van der Waals surface area contributed by atoms with E-state index in [1.165, 1.54) is 39.9 Å². The van der Waals surface area contributed by atoms with Crippen molar-refractivity contribution < 1.29 is 28.5 Å². The highest BCUT2D eigenvalue weighted by atomic mass is 16.7. The largest absolute Gasteiger partial charge is 0.468 e. The van der Waals surface area contributed by atoms with Crippen molar-refractivity contribution in [3.05, 3.63) is 0 Å². The zero-order valence-electron chi connectivity index (χ0n) is 20.1. The molecule has 6 heteroatoms. The maximum absolute atomic E-state index is 13.3. The van der Waals surface area contributed by atoms with Gasteiger partial charge >= 0.3 is 11.9 Å². The second-order valence-corrected chi connectivity index (χ2v) is 11.3. The molecule has 6 nitrogen and oxygen atoms in total. The van der Waals surface area contributed by atoms with Crippen LogP contribution in [0.25, 0.3) is 0 Å². The Hall–Kier alpha value is -1.14. The molecule has 5 aliphatic rings. The highest BCUT2D eigenvalue weighted by molar-refractivity contribution is 6.01. The van der Waals surface area contributed by atoms with E-state index in [1.54, 1.807) is 0 Å². The lowest BCUT2D eigenvalue weighted by atomic mass is 9.54. The normalized spacial score (nSPS) is 43.9. The van der Waals surface area contributed by atoms with Crippen LogP contribution in [0.3, 0.4) is 0 Å². The van der Waals surface area contributed by atoms with Gasteiger partial charge in [0.25, 0.3) is 0 Å². The van der Waals surface area contributed by atoms with E-state index in [2.05, 4.69) is 13.8 Å². The van der Waals surface area contributed by atoms with Gasteiger partial charge in [-0.15, -0.1) is 0 Å². The molecule has 5 saturated carbocycles. The summed E-state index contributed by atoms with van der Waals surface area (Å²) in [5.74, 6) is 2.90. The molecule has 5 aliphatic carbocycles. The third-order valence-electron chi connectivity index (χ3n) is 10.6. The van der Waals surface area contributed by atoms with E-state index in [0.29, 0.717) is 48.0 Å². The molecule has 180 valence electrons. The van der Waals surface area contributed by atoms with Crippen LogP contribution in [-0.4, -0.2) is 45.7 Å². The number of methoxy groups -OCH3 is 2. The molecule has 0 aromatic carbocycles. The smallest absolute Gasteiger partial charge is 0.323 e. The van der Waals surface area contributed by atoms with Crippen molar-refractivity contribution in [3.63, 3.8) is 0 Å². The molecule has 0 aliphatic heterocycles. The van der Waals surface area contributed by atoms with Crippen LogP contribution in [0.5, 0.6) is 0 Å². The van der Waals surface area contributed by atoms with Gasteiger partial charge in [-0.05, 0) is 73.0 Å². The summed E-state index contributed by atoms with van der Waals surface area (Å²) in [6.07, 6.45) is 8.31. The Bertz CT molecular complexity index is 714. The fraction of sp³-hybridized carbons (Fsp3) is 0.923. The predicted molar refractivity (Wildman–Crippen MR) is 117 cm³/mol. The van der Waals surface area contributed by atoms with Crippen LogP contribution < -0.4 is 0 Å². The number of ether oxygens (including phenoxy) is 4. The van der Waals surface area contributed by atoms with Crippen LogP contribution >= 0.6 is 0 Å². The van der Waals surface area contributed by atoms with Crippen LogP contribution in [0.1, 0.15) is 58.8 Å². The summed E-state index contributed by atoms with van der Waals surface area (Å²) >= 11 is 0. The fourth-order valence-corrected chi connectivity index (χ4v) is 9.25. The number of hydrogen-bond acceptors (Lipinski definition) is 6. The van der Waals surface area contributed by atoms with E-state index in [-0.39, 0.29) is 24.7 Å². The lowest BCUT2D eigenvalue weighted by Crippen LogP contribution is -2.58. The van der Waals surface area contributed by atoms with Crippen molar-refractivity contribution in [1.82, 2.24) is 0 Å². The van der Waals surface area contributed by atoms with E-state index in [0.717, 1.165) is 19.3 Å². The molecule has 9 unspecified atom stereocenters. The van der Waals surface area contributed by atoms with Gasteiger partial charge in [0.05, 0.1) is 26.9 Å². The van der Waals surface area contributed by atoms with Gasteiger partial charge < -0.3 is 18.9 Å². The van der Waals surface area contributed by atoms with E-state index >= 15 is 0 Å². The molecule has 9 atom stereocenters. The van der Waals surface area contributed by atoms with Crippen LogP contribution in [0.15, 0.2) is 0 Å². The molecule has 0 spiro atoms. The van der Waals surface area contributed by atoms with Crippen molar-refractivity contribution in [2.75, 3.05) is 27.6 Å². The van der Waals surface area contributed by atoms with Gasteiger partial charge in [0.1, 0.15) is 6.79 Å². The van der Waals surface area contributed by atoms with E-state index in [1.807, 2.05) is 0 Å². The molecule has 0 aromatic heterocycles. The average molecular weight is 449 g/mol. The minimum atomic E-state index is -1.24. The number of carbonyl (C=O) groups excluding carboxylic acids is 2. The first kappa shape index (κ1) is 22.6. The zero-order chi connectivity index (χ0) is 22.6. The van der Waals surface area contributed by atoms with Crippen molar-refractivity contribution in [1.29, 1.82) is 0 Å². The van der Waals surface area contributed by atoms with Crippen LogP contribution in [0.4, 0.5) is 0 Å². The standard InChI is InChI=1S/C26H40O6/c1-14-15(2)18-10-17(14)22-19-11-20(23(18)22)26(24(27)29-3,25(28)30-4)21(19)12-31-13-32-16-8-6-5-7-9-16/h14-23H,5-13H2,1-4H3. The predicted octanol–water partition coefficient (Wildman–Crippen LogP) is 4.06.